The largest absolute Gasteiger partial charge is 0.258 e. The third kappa shape index (κ3) is 1.48. The van der Waals surface area contributed by atoms with E-state index >= 15 is 0 Å². The summed E-state index contributed by atoms with van der Waals surface area (Å²) in [5.41, 5.74) is 5.59. The highest BCUT2D eigenvalue weighted by atomic mass is 14.7. The summed E-state index contributed by atoms with van der Waals surface area (Å²) in [7, 11) is 0. The van der Waals surface area contributed by atoms with Crippen LogP contribution in [0.2, 0.25) is 0 Å². The van der Waals surface area contributed by atoms with E-state index in [0.717, 1.165) is 0 Å². The molecule has 0 aliphatic heterocycles. The summed E-state index contributed by atoms with van der Waals surface area (Å²) < 4.78 is 0. The first-order valence-electron chi connectivity index (χ1n) is 5.18. The first-order chi connectivity index (χ1) is 6.18. The minimum atomic E-state index is 0.560. The number of hydrogen-bond acceptors (Lipinski definition) is 1. The molecule has 13 heavy (non-hydrogen) atoms. The highest BCUT2D eigenvalue weighted by Crippen LogP contribution is 2.26. The van der Waals surface area contributed by atoms with Gasteiger partial charge in [0.25, 0.3) is 0 Å². The van der Waals surface area contributed by atoms with Crippen molar-refractivity contribution in [2.75, 3.05) is 0 Å². The van der Waals surface area contributed by atoms with E-state index in [-0.39, 0.29) is 0 Å². The van der Waals surface area contributed by atoms with Gasteiger partial charge in [-0.05, 0) is 49.3 Å². The van der Waals surface area contributed by atoms with Gasteiger partial charge in [0.1, 0.15) is 0 Å². The molecule has 1 aliphatic rings. The van der Waals surface area contributed by atoms with Crippen molar-refractivity contribution < 1.29 is 0 Å². The molecule has 1 aliphatic carbocycles. The van der Waals surface area contributed by atoms with E-state index in [1.165, 1.54) is 36.2 Å². The zero-order valence-corrected chi connectivity index (χ0v) is 8.72. The van der Waals surface area contributed by atoms with E-state index in [1.54, 1.807) is 5.56 Å². The fourth-order valence-electron chi connectivity index (χ4n) is 2.11. The Morgan fingerprint density at radius 3 is 2.77 bits per heavy atom. The van der Waals surface area contributed by atoms with Gasteiger partial charge in [0, 0.05) is 11.4 Å². The highest BCUT2D eigenvalue weighted by molar-refractivity contribution is 5.36. The third-order valence-electron chi connectivity index (χ3n) is 2.91. The topological polar surface area (TPSA) is 12.9 Å². The number of fused-ring (bicyclic) bond motifs is 1. The van der Waals surface area contributed by atoms with Crippen LogP contribution >= 0.6 is 0 Å². The van der Waals surface area contributed by atoms with E-state index in [2.05, 4.69) is 31.8 Å². The third-order valence-corrected chi connectivity index (χ3v) is 2.91. The van der Waals surface area contributed by atoms with Crippen molar-refractivity contribution in [3.05, 3.63) is 28.6 Å². The monoisotopic (exact) mass is 175 g/mol. The van der Waals surface area contributed by atoms with Gasteiger partial charge in [-0.3, -0.25) is 4.98 Å². The Balaban J connectivity index is 2.49. The lowest BCUT2D eigenvalue weighted by Crippen LogP contribution is -1.99. The molecule has 0 saturated carbocycles. The Kier molecular flexibility index (Phi) is 2.10. The lowest BCUT2D eigenvalue weighted by Gasteiger charge is -2.09. The summed E-state index contributed by atoms with van der Waals surface area (Å²) in [5, 5.41) is 0. The summed E-state index contributed by atoms with van der Waals surface area (Å²) in [5.74, 6) is 0.560. The second-order valence-electron chi connectivity index (χ2n) is 4.28. The molecular weight excluding hydrogens is 158 g/mol. The first-order valence-corrected chi connectivity index (χ1v) is 5.18. The Morgan fingerprint density at radius 2 is 2.08 bits per heavy atom. The summed E-state index contributed by atoms with van der Waals surface area (Å²) in [6.45, 7) is 6.57. The number of nitrogens with zero attached hydrogens (tertiary/aromatic N) is 1. The molecule has 70 valence electrons. The van der Waals surface area contributed by atoms with Crippen LogP contribution in [0.4, 0.5) is 0 Å². The van der Waals surface area contributed by atoms with E-state index < -0.39 is 0 Å². The van der Waals surface area contributed by atoms with Gasteiger partial charge < -0.3 is 0 Å². The number of aromatic nitrogens is 1. The van der Waals surface area contributed by atoms with E-state index in [0.29, 0.717) is 5.92 Å². The van der Waals surface area contributed by atoms with E-state index in [1.807, 2.05) is 0 Å². The van der Waals surface area contributed by atoms with Crippen molar-refractivity contribution in [1.29, 1.82) is 0 Å². The predicted molar refractivity (Wildman–Crippen MR) is 55.1 cm³/mol. The second-order valence-corrected chi connectivity index (χ2v) is 4.28. The van der Waals surface area contributed by atoms with Crippen LogP contribution in [0, 0.1) is 6.92 Å². The van der Waals surface area contributed by atoms with Crippen LogP contribution in [0.5, 0.6) is 0 Å². The van der Waals surface area contributed by atoms with Crippen molar-refractivity contribution in [2.45, 2.75) is 46.0 Å². The molecular formula is C12H17N. The van der Waals surface area contributed by atoms with Gasteiger partial charge >= 0.3 is 0 Å². The van der Waals surface area contributed by atoms with Crippen LogP contribution in [0.15, 0.2) is 6.07 Å². The Hall–Kier alpha value is -0.850. The minimum absolute atomic E-state index is 0.560. The number of aryl methyl sites for hydroxylation is 2. The molecule has 0 saturated heterocycles. The summed E-state index contributed by atoms with van der Waals surface area (Å²) in [6, 6.07) is 2.31. The zero-order valence-electron chi connectivity index (χ0n) is 8.72. The number of rotatable bonds is 1. The Bertz CT molecular complexity index is 326. The van der Waals surface area contributed by atoms with E-state index in [9.17, 15) is 0 Å². The van der Waals surface area contributed by atoms with Crippen LogP contribution in [0.3, 0.4) is 0 Å². The molecule has 1 nitrogen and oxygen atoms in total. The summed E-state index contributed by atoms with van der Waals surface area (Å²) >= 11 is 0. The lowest BCUT2D eigenvalue weighted by molar-refractivity contribution is 0.809. The van der Waals surface area contributed by atoms with Gasteiger partial charge in [-0.25, -0.2) is 0 Å². The molecule has 0 N–H and O–H groups in total. The molecule has 1 aromatic rings. The Labute approximate surface area is 80.2 Å². The van der Waals surface area contributed by atoms with Crippen molar-refractivity contribution in [3.63, 3.8) is 0 Å². The quantitative estimate of drug-likeness (QED) is 0.639. The number of hydrogen-bond donors (Lipinski definition) is 0. The SMILES string of the molecule is Cc1nc(C(C)C)cc2c1CCC2. The maximum Gasteiger partial charge on any atom is 0.0435 e. The molecule has 1 aromatic heterocycles. The maximum absolute atomic E-state index is 4.64. The molecule has 0 amide bonds. The summed E-state index contributed by atoms with van der Waals surface area (Å²) in [6.07, 6.45) is 3.82. The van der Waals surface area contributed by atoms with Crippen LogP contribution in [0.1, 0.15) is 48.7 Å². The van der Waals surface area contributed by atoms with Crippen LogP contribution in [-0.4, -0.2) is 4.98 Å². The molecule has 0 bridgehead atoms. The van der Waals surface area contributed by atoms with E-state index in [4.69, 9.17) is 0 Å². The van der Waals surface area contributed by atoms with Gasteiger partial charge in [0.05, 0.1) is 0 Å². The molecule has 0 aromatic carbocycles. The number of pyridine rings is 1. The molecule has 0 spiro atoms. The van der Waals surface area contributed by atoms with Crippen molar-refractivity contribution in [2.24, 2.45) is 0 Å². The first kappa shape index (κ1) is 8.74. The fourth-order valence-corrected chi connectivity index (χ4v) is 2.11. The lowest BCUT2D eigenvalue weighted by atomic mass is 10.0. The Morgan fingerprint density at radius 1 is 1.31 bits per heavy atom. The molecule has 1 heteroatoms. The van der Waals surface area contributed by atoms with Gasteiger partial charge in [-0.1, -0.05) is 13.8 Å². The average molecular weight is 175 g/mol. The van der Waals surface area contributed by atoms with Crippen molar-refractivity contribution in [3.8, 4) is 0 Å². The minimum Gasteiger partial charge on any atom is -0.258 e. The zero-order chi connectivity index (χ0) is 9.42. The average Bonchev–Trinajstić information content (AvgIpc) is 2.51. The molecule has 0 unspecified atom stereocenters. The maximum atomic E-state index is 4.64. The highest BCUT2D eigenvalue weighted by Gasteiger charge is 2.15. The molecule has 0 radical (unpaired) electrons. The fraction of sp³-hybridized carbons (Fsp3) is 0.583. The molecule has 1 heterocycles. The summed E-state index contributed by atoms with van der Waals surface area (Å²) in [4.78, 5) is 4.64. The van der Waals surface area contributed by atoms with Crippen LogP contribution in [0.25, 0.3) is 0 Å². The van der Waals surface area contributed by atoms with Crippen molar-refractivity contribution in [1.82, 2.24) is 4.98 Å². The van der Waals surface area contributed by atoms with Gasteiger partial charge in [-0.2, -0.15) is 0 Å². The van der Waals surface area contributed by atoms with Crippen LogP contribution < -0.4 is 0 Å². The second kappa shape index (κ2) is 3.13. The van der Waals surface area contributed by atoms with Crippen LogP contribution in [-0.2, 0) is 12.8 Å². The molecule has 0 fully saturated rings. The van der Waals surface area contributed by atoms with Gasteiger partial charge in [0.15, 0.2) is 0 Å². The standard InChI is InChI=1S/C12H17N/c1-8(2)12-7-10-5-4-6-11(10)9(3)13-12/h7-8H,4-6H2,1-3H3. The normalized spacial score (nSPS) is 15.1. The van der Waals surface area contributed by atoms with Gasteiger partial charge in [-0.15, -0.1) is 0 Å². The molecule has 0 atom stereocenters. The molecule has 2 rings (SSSR count). The van der Waals surface area contributed by atoms with Gasteiger partial charge in [0.2, 0.25) is 0 Å². The van der Waals surface area contributed by atoms with Crippen molar-refractivity contribution >= 4 is 0 Å². The smallest absolute Gasteiger partial charge is 0.0435 e. The predicted octanol–water partition coefficient (Wildman–Crippen LogP) is 3.00.